The number of nitrogens with one attached hydrogen (secondary N) is 3. The van der Waals surface area contributed by atoms with Gasteiger partial charge in [0.2, 0.25) is 5.91 Å². The fourth-order valence-corrected chi connectivity index (χ4v) is 3.84. The highest BCUT2D eigenvalue weighted by molar-refractivity contribution is 7.14. The van der Waals surface area contributed by atoms with Gasteiger partial charge in [0.25, 0.3) is 0 Å². The number of hydrogen-bond acceptors (Lipinski definition) is 5. The van der Waals surface area contributed by atoms with E-state index in [0.29, 0.717) is 11.7 Å². The van der Waals surface area contributed by atoms with Crippen molar-refractivity contribution in [3.63, 3.8) is 0 Å². The SMILES string of the molecule is Cc1ccc(-c2csc(NC(=O)C3CNNC3c3ccc(F)cc3)n2)cc1. The number of rotatable bonds is 4. The first-order valence-corrected chi connectivity index (χ1v) is 9.55. The van der Waals surface area contributed by atoms with Crippen molar-refractivity contribution in [2.24, 2.45) is 5.92 Å². The Morgan fingerprint density at radius 2 is 1.93 bits per heavy atom. The predicted octanol–water partition coefficient (Wildman–Crippen LogP) is 3.66. The summed E-state index contributed by atoms with van der Waals surface area (Å²) < 4.78 is 13.2. The van der Waals surface area contributed by atoms with Crippen LogP contribution in [0.25, 0.3) is 11.3 Å². The van der Waals surface area contributed by atoms with Crippen molar-refractivity contribution < 1.29 is 9.18 Å². The molecule has 0 bridgehead atoms. The van der Waals surface area contributed by atoms with Gasteiger partial charge in [0.05, 0.1) is 17.7 Å². The second kappa shape index (κ2) is 7.56. The molecule has 0 saturated carbocycles. The molecule has 5 nitrogen and oxygen atoms in total. The molecule has 1 amide bonds. The molecule has 1 saturated heterocycles. The first kappa shape index (κ1) is 17.8. The molecule has 1 fully saturated rings. The van der Waals surface area contributed by atoms with E-state index in [-0.39, 0.29) is 23.7 Å². The lowest BCUT2D eigenvalue weighted by Crippen LogP contribution is -2.29. The van der Waals surface area contributed by atoms with E-state index in [1.165, 1.54) is 29.0 Å². The lowest BCUT2D eigenvalue weighted by atomic mass is 9.94. The number of anilines is 1. The zero-order valence-electron chi connectivity index (χ0n) is 14.7. The number of thiazole rings is 1. The Kier molecular flexibility index (Phi) is 4.98. The third-order valence-corrected chi connectivity index (χ3v) is 5.39. The molecular weight excluding hydrogens is 363 g/mol. The Hall–Kier alpha value is -2.61. The minimum Gasteiger partial charge on any atom is -0.302 e. The summed E-state index contributed by atoms with van der Waals surface area (Å²) >= 11 is 1.40. The number of amides is 1. The molecule has 3 N–H and O–H groups in total. The van der Waals surface area contributed by atoms with Crippen molar-refractivity contribution in [3.05, 3.63) is 70.9 Å². The van der Waals surface area contributed by atoms with Gasteiger partial charge in [-0.15, -0.1) is 11.3 Å². The predicted molar refractivity (Wildman–Crippen MR) is 105 cm³/mol. The summed E-state index contributed by atoms with van der Waals surface area (Å²) in [6.45, 7) is 2.53. The summed E-state index contributed by atoms with van der Waals surface area (Å²) in [6, 6.07) is 14.1. The standard InChI is InChI=1S/C20H19FN4OS/c1-12-2-4-13(5-3-12)17-11-27-20(23-17)24-19(26)16-10-22-25-18(16)14-6-8-15(21)9-7-14/h2-9,11,16,18,22,25H,10H2,1H3,(H,23,24,26). The van der Waals surface area contributed by atoms with Crippen molar-refractivity contribution in [2.45, 2.75) is 13.0 Å². The summed E-state index contributed by atoms with van der Waals surface area (Å²) in [7, 11) is 0. The lowest BCUT2D eigenvalue weighted by molar-refractivity contribution is -0.119. The van der Waals surface area contributed by atoms with Crippen molar-refractivity contribution in [3.8, 4) is 11.3 Å². The van der Waals surface area contributed by atoms with E-state index in [4.69, 9.17) is 0 Å². The number of nitrogens with zero attached hydrogens (tertiary/aromatic N) is 1. The van der Waals surface area contributed by atoms with Crippen LogP contribution >= 0.6 is 11.3 Å². The molecule has 4 rings (SSSR count). The third-order valence-electron chi connectivity index (χ3n) is 4.63. The number of hydrazine groups is 1. The van der Waals surface area contributed by atoms with E-state index in [0.717, 1.165) is 16.8 Å². The highest BCUT2D eigenvalue weighted by Crippen LogP contribution is 2.29. The van der Waals surface area contributed by atoms with E-state index in [1.54, 1.807) is 12.1 Å². The Morgan fingerprint density at radius 1 is 1.19 bits per heavy atom. The summed E-state index contributed by atoms with van der Waals surface area (Å²) in [6.07, 6.45) is 0. The summed E-state index contributed by atoms with van der Waals surface area (Å²) in [5.74, 6) is -0.731. The van der Waals surface area contributed by atoms with E-state index >= 15 is 0 Å². The highest BCUT2D eigenvalue weighted by atomic mass is 32.1. The first-order chi connectivity index (χ1) is 13.1. The Balaban J connectivity index is 1.47. The topological polar surface area (TPSA) is 66.1 Å². The average molecular weight is 382 g/mol. The summed E-state index contributed by atoms with van der Waals surface area (Å²) in [5, 5.41) is 5.41. The van der Waals surface area contributed by atoms with Gasteiger partial charge in [-0.3, -0.25) is 10.2 Å². The van der Waals surface area contributed by atoms with Crippen LogP contribution in [0.2, 0.25) is 0 Å². The van der Waals surface area contributed by atoms with Crippen LogP contribution in [0.5, 0.6) is 0 Å². The van der Waals surface area contributed by atoms with Crippen LogP contribution in [0, 0.1) is 18.7 Å². The molecule has 2 heterocycles. The molecule has 138 valence electrons. The van der Waals surface area contributed by atoms with Crippen LogP contribution in [0.15, 0.2) is 53.9 Å². The zero-order valence-corrected chi connectivity index (χ0v) is 15.5. The number of aromatic nitrogens is 1. The Bertz CT molecular complexity index is 939. The van der Waals surface area contributed by atoms with E-state index in [9.17, 15) is 9.18 Å². The first-order valence-electron chi connectivity index (χ1n) is 8.67. The molecule has 1 aromatic heterocycles. The second-order valence-corrected chi connectivity index (χ2v) is 7.41. The Morgan fingerprint density at radius 3 is 2.67 bits per heavy atom. The minimum absolute atomic E-state index is 0.119. The minimum atomic E-state index is -0.317. The van der Waals surface area contributed by atoms with Gasteiger partial charge >= 0.3 is 0 Å². The van der Waals surface area contributed by atoms with E-state index in [2.05, 4.69) is 21.2 Å². The largest absolute Gasteiger partial charge is 0.302 e. The summed E-state index contributed by atoms with van der Waals surface area (Å²) in [4.78, 5) is 17.3. The average Bonchev–Trinajstić information content (AvgIpc) is 3.33. The van der Waals surface area contributed by atoms with Crippen LogP contribution in [0.4, 0.5) is 9.52 Å². The number of hydrogen-bond donors (Lipinski definition) is 3. The van der Waals surface area contributed by atoms with Gasteiger partial charge in [-0.1, -0.05) is 42.0 Å². The smallest absolute Gasteiger partial charge is 0.232 e. The van der Waals surface area contributed by atoms with Crippen LogP contribution in [-0.2, 0) is 4.79 Å². The van der Waals surface area contributed by atoms with Gasteiger partial charge in [0.15, 0.2) is 5.13 Å². The normalized spacial score (nSPS) is 19.2. The van der Waals surface area contributed by atoms with Gasteiger partial charge in [0, 0.05) is 17.5 Å². The number of aryl methyl sites for hydroxylation is 1. The number of benzene rings is 2. The van der Waals surface area contributed by atoms with E-state index < -0.39 is 0 Å². The van der Waals surface area contributed by atoms with Crippen molar-refractivity contribution in [1.82, 2.24) is 15.8 Å². The molecule has 7 heteroatoms. The van der Waals surface area contributed by atoms with Crippen molar-refractivity contribution >= 4 is 22.4 Å². The molecule has 0 aliphatic carbocycles. The van der Waals surface area contributed by atoms with Crippen LogP contribution in [-0.4, -0.2) is 17.4 Å². The maximum Gasteiger partial charge on any atom is 0.232 e. The molecule has 2 aromatic carbocycles. The maximum absolute atomic E-state index is 13.2. The Labute approximate surface area is 160 Å². The van der Waals surface area contributed by atoms with Gasteiger partial charge in [-0.25, -0.2) is 14.8 Å². The molecule has 3 aromatic rings. The molecule has 2 unspecified atom stereocenters. The number of carbonyl (C=O) groups is 1. The monoisotopic (exact) mass is 382 g/mol. The third kappa shape index (κ3) is 3.90. The fraction of sp³-hybridized carbons (Fsp3) is 0.200. The number of halogens is 1. The lowest BCUT2D eigenvalue weighted by Gasteiger charge is -2.17. The molecule has 0 radical (unpaired) electrons. The quantitative estimate of drug-likeness (QED) is 0.644. The zero-order chi connectivity index (χ0) is 18.8. The van der Waals surface area contributed by atoms with Gasteiger partial charge in [-0.05, 0) is 24.6 Å². The second-order valence-electron chi connectivity index (χ2n) is 6.55. The molecule has 27 heavy (non-hydrogen) atoms. The fourth-order valence-electron chi connectivity index (χ4n) is 3.11. The highest BCUT2D eigenvalue weighted by Gasteiger charge is 2.34. The van der Waals surface area contributed by atoms with Crippen LogP contribution < -0.4 is 16.2 Å². The molecule has 1 aliphatic rings. The maximum atomic E-state index is 13.2. The van der Waals surface area contributed by atoms with E-state index in [1.807, 2.05) is 36.6 Å². The number of carbonyl (C=O) groups excluding carboxylic acids is 1. The molecule has 2 atom stereocenters. The summed E-state index contributed by atoms with van der Waals surface area (Å²) in [5.41, 5.74) is 10.0. The molecular formula is C20H19FN4OS. The van der Waals surface area contributed by atoms with Crippen LogP contribution in [0.1, 0.15) is 17.2 Å². The molecule has 1 aliphatic heterocycles. The van der Waals surface area contributed by atoms with Crippen LogP contribution in [0.3, 0.4) is 0 Å². The van der Waals surface area contributed by atoms with Gasteiger partial charge < -0.3 is 5.32 Å². The molecule has 0 spiro atoms. The van der Waals surface area contributed by atoms with Gasteiger partial charge in [0.1, 0.15) is 5.82 Å². The van der Waals surface area contributed by atoms with Gasteiger partial charge in [-0.2, -0.15) is 0 Å². The van der Waals surface area contributed by atoms with Crippen molar-refractivity contribution in [1.29, 1.82) is 0 Å². The van der Waals surface area contributed by atoms with Crippen molar-refractivity contribution in [2.75, 3.05) is 11.9 Å².